The van der Waals surface area contributed by atoms with Gasteiger partial charge in [-0.05, 0) is 34.8 Å². The van der Waals surface area contributed by atoms with Crippen LogP contribution in [0.1, 0.15) is 20.8 Å². The number of carbonyl (C=O) groups excluding carboxylic acids is 1. The van der Waals surface area contributed by atoms with Crippen LogP contribution in [0.15, 0.2) is 14.1 Å². The molecule has 0 atom stereocenters. The molecule has 0 saturated carbocycles. The molecule has 1 aromatic heterocycles. The third-order valence-corrected chi connectivity index (χ3v) is 7.13. The quantitative estimate of drug-likeness (QED) is 0.637. The van der Waals surface area contributed by atoms with Crippen molar-refractivity contribution in [1.29, 1.82) is 0 Å². The van der Waals surface area contributed by atoms with Crippen LogP contribution in [0.5, 0.6) is 0 Å². The van der Waals surface area contributed by atoms with Crippen molar-refractivity contribution >= 4 is 54.9 Å². The molecule has 0 aliphatic rings. The fourth-order valence-electron chi connectivity index (χ4n) is 1.59. The number of hydrogen-bond donors (Lipinski definition) is 0. The molecule has 0 saturated heterocycles. The van der Waals surface area contributed by atoms with Crippen LogP contribution in [0, 0.1) is 5.92 Å². The maximum atomic E-state index is 12.6. The Morgan fingerprint density at radius 1 is 1.52 bits per heavy atom. The summed E-state index contributed by atoms with van der Waals surface area (Å²) >= 11 is 10.1. The van der Waals surface area contributed by atoms with Crippen LogP contribution < -0.4 is 0 Å². The zero-order valence-corrected chi connectivity index (χ0v) is 15.9. The van der Waals surface area contributed by atoms with E-state index in [9.17, 15) is 13.2 Å². The zero-order valence-electron chi connectivity index (χ0n) is 11.9. The Labute approximate surface area is 142 Å². The highest BCUT2D eigenvalue weighted by Gasteiger charge is 2.30. The normalized spacial score (nSPS) is 12.1. The van der Waals surface area contributed by atoms with Gasteiger partial charge < -0.3 is 4.74 Å². The average molecular weight is 419 g/mol. The standard InChI is InChI=1S/C12H17BrClNO4S2/c1-4-19-10(16)7-15(6-8(2)3)21(17,18)11-5-9(14)12(13)20-11/h5,8H,4,6-7H2,1-3H3. The molecule has 0 aliphatic heterocycles. The van der Waals surface area contributed by atoms with E-state index >= 15 is 0 Å². The molecule has 120 valence electrons. The van der Waals surface area contributed by atoms with Gasteiger partial charge >= 0.3 is 5.97 Å². The Hall–Kier alpha value is -0.150. The number of carbonyl (C=O) groups is 1. The molecule has 0 N–H and O–H groups in total. The van der Waals surface area contributed by atoms with Crippen molar-refractivity contribution < 1.29 is 17.9 Å². The summed E-state index contributed by atoms with van der Waals surface area (Å²) in [6.07, 6.45) is 0. The number of esters is 1. The van der Waals surface area contributed by atoms with E-state index in [1.807, 2.05) is 13.8 Å². The van der Waals surface area contributed by atoms with Crippen molar-refractivity contribution in [2.24, 2.45) is 5.92 Å². The lowest BCUT2D eigenvalue weighted by atomic mass is 10.2. The van der Waals surface area contributed by atoms with Gasteiger partial charge in [0.25, 0.3) is 10.0 Å². The van der Waals surface area contributed by atoms with Crippen LogP contribution in [-0.4, -0.2) is 38.4 Å². The Balaban J connectivity index is 3.08. The van der Waals surface area contributed by atoms with E-state index < -0.39 is 16.0 Å². The van der Waals surface area contributed by atoms with Gasteiger partial charge in [0, 0.05) is 6.54 Å². The molecule has 1 rings (SSSR count). The molecule has 1 aromatic rings. The highest BCUT2D eigenvalue weighted by atomic mass is 79.9. The first-order valence-corrected chi connectivity index (χ1v) is 9.71. The van der Waals surface area contributed by atoms with Crippen LogP contribution in [0.3, 0.4) is 0 Å². The number of thiophene rings is 1. The van der Waals surface area contributed by atoms with Crippen LogP contribution in [0.2, 0.25) is 5.02 Å². The van der Waals surface area contributed by atoms with Gasteiger partial charge in [0.1, 0.15) is 10.8 Å². The van der Waals surface area contributed by atoms with E-state index in [2.05, 4.69) is 15.9 Å². The lowest BCUT2D eigenvalue weighted by Crippen LogP contribution is -2.38. The van der Waals surface area contributed by atoms with E-state index in [0.29, 0.717) is 8.81 Å². The van der Waals surface area contributed by atoms with Gasteiger partial charge in [-0.2, -0.15) is 4.31 Å². The second kappa shape index (κ2) is 7.92. The van der Waals surface area contributed by atoms with Crippen molar-refractivity contribution in [1.82, 2.24) is 4.31 Å². The summed E-state index contributed by atoms with van der Waals surface area (Å²) in [6, 6.07) is 1.38. The second-order valence-corrected chi connectivity index (χ2v) is 9.63. The van der Waals surface area contributed by atoms with Crippen LogP contribution >= 0.6 is 38.9 Å². The minimum absolute atomic E-state index is 0.0769. The van der Waals surface area contributed by atoms with Gasteiger partial charge in [-0.15, -0.1) is 11.3 Å². The fourth-order valence-corrected chi connectivity index (χ4v) is 5.69. The van der Waals surface area contributed by atoms with Crippen molar-refractivity contribution in [3.63, 3.8) is 0 Å². The molecule has 0 radical (unpaired) electrons. The predicted molar refractivity (Wildman–Crippen MR) is 87.3 cm³/mol. The van der Waals surface area contributed by atoms with E-state index in [1.54, 1.807) is 6.92 Å². The summed E-state index contributed by atoms with van der Waals surface area (Å²) < 4.78 is 31.9. The molecule has 21 heavy (non-hydrogen) atoms. The number of ether oxygens (including phenoxy) is 1. The van der Waals surface area contributed by atoms with E-state index in [4.69, 9.17) is 16.3 Å². The van der Waals surface area contributed by atoms with Gasteiger partial charge in [-0.3, -0.25) is 4.79 Å². The lowest BCUT2D eigenvalue weighted by molar-refractivity contribution is -0.143. The molecule has 0 aromatic carbocycles. The molecule has 0 spiro atoms. The first-order valence-electron chi connectivity index (χ1n) is 6.29. The molecule has 0 fully saturated rings. The van der Waals surface area contributed by atoms with Crippen LogP contribution in [-0.2, 0) is 19.6 Å². The molecule has 0 amide bonds. The van der Waals surface area contributed by atoms with Crippen LogP contribution in [0.25, 0.3) is 0 Å². The van der Waals surface area contributed by atoms with Crippen molar-refractivity contribution in [3.05, 3.63) is 14.9 Å². The first kappa shape index (κ1) is 18.9. The highest BCUT2D eigenvalue weighted by Crippen LogP contribution is 2.36. The smallest absolute Gasteiger partial charge is 0.321 e. The highest BCUT2D eigenvalue weighted by molar-refractivity contribution is 9.11. The van der Waals surface area contributed by atoms with Gasteiger partial charge in [-0.25, -0.2) is 8.42 Å². The molecule has 9 heteroatoms. The van der Waals surface area contributed by atoms with Crippen molar-refractivity contribution in [3.8, 4) is 0 Å². The average Bonchev–Trinajstić information content (AvgIpc) is 2.69. The molecule has 1 heterocycles. The Morgan fingerprint density at radius 3 is 2.57 bits per heavy atom. The third-order valence-electron chi connectivity index (χ3n) is 2.40. The molecule has 5 nitrogen and oxygen atoms in total. The molecular weight excluding hydrogens is 402 g/mol. The number of rotatable bonds is 7. The Kier molecular flexibility index (Phi) is 7.12. The molecular formula is C12H17BrClNO4S2. The summed E-state index contributed by atoms with van der Waals surface area (Å²) in [6.45, 7) is 5.58. The second-order valence-electron chi connectivity index (χ2n) is 4.68. The number of sulfonamides is 1. The van der Waals surface area contributed by atoms with Gasteiger partial charge in [-0.1, -0.05) is 25.4 Å². The summed E-state index contributed by atoms with van der Waals surface area (Å²) in [7, 11) is -3.77. The largest absolute Gasteiger partial charge is 0.465 e. The van der Waals surface area contributed by atoms with Crippen LogP contribution in [0.4, 0.5) is 0 Å². The third kappa shape index (κ3) is 5.21. The summed E-state index contributed by atoms with van der Waals surface area (Å²) in [5.74, 6) is -0.489. The molecule has 0 bridgehead atoms. The predicted octanol–water partition coefficient (Wildman–Crippen LogP) is 3.37. The maximum absolute atomic E-state index is 12.6. The van der Waals surface area contributed by atoms with E-state index in [-0.39, 0.29) is 29.8 Å². The minimum Gasteiger partial charge on any atom is -0.465 e. The summed E-state index contributed by atoms with van der Waals surface area (Å²) in [4.78, 5) is 11.6. The number of nitrogens with zero attached hydrogens (tertiary/aromatic N) is 1. The topological polar surface area (TPSA) is 63.7 Å². The summed E-state index contributed by atoms with van der Waals surface area (Å²) in [5, 5.41) is 0.333. The van der Waals surface area contributed by atoms with Gasteiger partial charge in [0.05, 0.1) is 15.4 Å². The number of hydrogen-bond acceptors (Lipinski definition) is 5. The molecule has 0 unspecified atom stereocenters. The minimum atomic E-state index is -3.77. The lowest BCUT2D eigenvalue weighted by Gasteiger charge is -2.22. The Morgan fingerprint density at radius 2 is 2.14 bits per heavy atom. The fraction of sp³-hybridized carbons (Fsp3) is 0.583. The SMILES string of the molecule is CCOC(=O)CN(CC(C)C)S(=O)(=O)c1cc(Cl)c(Br)s1. The van der Waals surface area contributed by atoms with Gasteiger partial charge in [0.15, 0.2) is 0 Å². The Bertz CT molecular complexity index is 581. The monoisotopic (exact) mass is 417 g/mol. The van der Waals surface area contributed by atoms with Crippen molar-refractivity contribution in [2.75, 3.05) is 19.7 Å². The van der Waals surface area contributed by atoms with Crippen molar-refractivity contribution in [2.45, 2.75) is 25.0 Å². The van der Waals surface area contributed by atoms with Gasteiger partial charge in [0.2, 0.25) is 0 Å². The number of halogens is 2. The maximum Gasteiger partial charge on any atom is 0.321 e. The zero-order chi connectivity index (χ0) is 16.2. The first-order chi connectivity index (χ1) is 9.68. The van der Waals surface area contributed by atoms with E-state index in [1.165, 1.54) is 6.07 Å². The molecule has 0 aliphatic carbocycles. The summed E-state index contributed by atoms with van der Waals surface area (Å²) in [5.41, 5.74) is 0. The van der Waals surface area contributed by atoms with E-state index in [0.717, 1.165) is 15.6 Å².